The smallest absolute Gasteiger partial charge is 0.190 e. The molecule has 24 heavy (non-hydrogen) atoms. The summed E-state index contributed by atoms with van der Waals surface area (Å²) in [6.07, 6.45) is 0. The fourth-order valence-corrected chi connectivity index (χ4v) is 3.64. The Kier molecular flexibility index (Phi) is 4.62. The second-order valence-corrected chi connectivity index (χ2v) is 6.66. The van der Waals surface area contributed by atoms with Gasteiger partial charge in [0.25, 0.3) is 0 Å². The molecule has 1 aromatic heterocycles. The van der Waals surface area contributed by atoms with Crippen LogP contribution in [0.5, 0.6) is 0 Å². The maximum absolute atomic E-state index is 5.48. The van der Waals surface area contributed by atoms with E-state index in [0.717, 1.165) is 53.9 Å². The molecule has 0 N–H and O–H groups in total. The summed E-state index contributed by atoms with van der Waals surface area (Å²) in [5, 5.41) is 1.95. The highest BCUT2D eigenvalue weighted by atomic mass is 32.2. The van der Waals surface area contributed by atoms with Crippen molar-refractivity contribution in [2.24, 2.45) is 0 Å². The van der Waals surface area contributed by atoms with Gasteiger partial charge in [-0.2, -0.15) is 0 Å². The predicted molar refractivity (Wildman–Crippen MR) is 98.6 cm³/mol. The van der Waals surface area contributed by atoms with Crippen LogP contribution in [0.1, 0.15) is 5.56 Å². The molecule has 1 aliphatic heterocycles. The molecule has 0 atom stereocenters. The van der Waals surface area contributed by atoms with Gasteiger partial charge in [0, 0.05) is 24.2 Å². The normalized spacial score (nSPS) is 14.9. The SMILES string of the molecule is c1ccc(CSc2nc(N3CCOCC3)c3ccccc3n2)cc1. The van der Waals surface area contributed by atoms with E-state index >= 15 is 0 Å². The van der Waals surface area contributed by atoms with Crippen LogP contribution in [0, 0.1) is 0 Å². The highest BCUT2D eigenvalue weighted by Gasteiger charge is 2.17. The minimum absolute atomic E-state index is 0.755. The van der Waals surface area contributed by atoms with Gasteiger partial charge in [-0.1, -0.05) is 54.2 Å². The summed E-state index contributed by atoms with van der Waals surface area (Å²) in [5.74, 6) is 1.90. The number of benzene rings is 2. The second kappa shape index (κ2) is 7.20. The largest absolute Gasteiger partial charge is 0.378 e. The van der Waals surface area contributed by atoms with Gasteiger partial charge in [0.2, 0.25) is 0 Å². The first-order valence-corrected chi connectivity index (χ1v) is 9.15. The minimum Gasteiger partial charge on any atom is -0.378 e. The Balaban J connectivity index is 1.65. The summed E-state index contributed by atoms with van der Waals surface area (Å²) < 4.78 is 5.48. The molecule has 122 valence electrons. The number of nitrogens with zero attached hydrogens (tertiary/aromatic N) is 3. The molecule has 1 saturated heterocycles. The second-order valence-electron chi connectivity index (χ2n) is 5.72. The van der Waals surface area contributed by atoms with E-state index in [1.54, 1.807) is 11.8 Å². The van der Waals surface area contributed by atoms with Gasteiger partial charge in [0.1, 0.15) is 5.82 Å². The molecule has 0 spiro atoms. The summed E-state index contributed by atoms with van der Waals surface area (Å²) in [4.78, 5) is 11.9. The Bertz CT molecular complexity index is 819. The fourth-order valence-electron chi connectivity index (χ4n) is 2.84. The number of thioether (sulfide) groups is 1. The third-order valence-corrected chi connectivity index (χ3v) is 5.00. The average Bonchev–Trinajstić information content (AvgIpc) is 2.67. The maximum atomic E-state index is 5.48. The molecule has 0 saturated carbocycles. The Hall–Kier alpha value is -2.11. The van der Waals surface area contributed by atoms with Gasteiger partial charge in [-0.3, -0.25) is 0 Å². The predicted octanol–water partition coefficient (Wildman–Crippen LogP) is 3.76. The Morgan fingerprint density at radius 1 is 0.917 bits per heavy atom. The lowest BCUT2D eigenvalue weighted by Crippen LogP contribution is -2.37. The van der Waals surface area contributed by atoms with E-state index in [1.807, 2.05) is 18.2 Å². The van der Waals surface area contributed by atoms with Crippen LogP contribution in [0.2, 0.25) is 0 Å². The molecule has 0 bridgehead atoms. The van der Waals surface area contributed by atoms with Crippen LogP contribution in [0.4, 0.5) is 5.82 Å². The zero-order chi connectivity index (χ0) is 16.2. The van der Waals surface area contributed by atoms with E-state index in [4.69, 9.17) is 14.7 Å². The molecule has 4 rings (SSSR count). The number of rotatable bonds is 4. The van der Waals surface area contributed by atoms with Crippen molar-refractivity contribution in [3.63, 3.8) is 0 Å². The molecule has 0 unspecified atom stereocenters. The molecular formula is C19H19N3OS. The van der Waals surface area contributed by atoms with Crippen molar-refractivity contribution in [1.82, 2.24) is 9.97 Å². The monoisotopic (exact) mass is 337 g/mol. The van der Waals surface area contributed by atoms with Crippen molar-refractivity contribution >= 4 is 28.5 Å². The van der Waals surface area contributed by atoms with Gasteiger partial charge in [-0.15, -0.1) is 0 Å². The minimum atomic E-state index is 0.755. The van der Waals surface area contributed by atoms with Crippen LogP contribution in [-0.2, 0) is 10.5 Å². The Morgan fingerprint density at radius 3 is 2.50 bits per heavy atom. The Morgan fingerprint density at radius 2 is 1.67 bits per heavy atom. The highest BCUT2D eigenvalue weighted by Crippen LogP contribution is 2.28. The van der Waals surface area contributed by atoms with E-state index in [1.165, 1.54) is 5.56 Å². The summed E-state index contributed by atoms with van der Waals surface area (Å²) in [6, 6.07) is 18.7. The number of aromatic nitrogens is 2. The molecule has 4 nitrogen and oxygen atoms in total. The number of morpholine rings is 1. The van der Waals surface area contributed by atoms with Crippen LogP contribution >= 0.6 is 11.8 Å². The van der Waals surface area contributed by atoms with Gasteiger partial charge in [-0.25, -0.2) is 9.97 Å². The van der Waals surface area contributed by atoms with E-state index in [9.17, 15) is 0 Å². The van der Waals surface area contributed by atoms with E-state index in [2.05, 4.69) is 41.3 Å². The van der Waals surface area contributed by atoms with Crippen molar-refractivity contribution < 1.29 is 4.74 Å². The van der Waals surface area contributed by atoms with Gasteiger partial charge >= 0.3 is 0 Å². The lowest BCUT2D eigenvalue weighted by Gasteiger charge is -2.28. The maximum Gasteiger partial charge on any atom is 0.190 e. The summed E-state index contributed by atoms with van der Waals surface area (Å²) >= 11 is 1.69. The fraction of sp³-hybridized carbons (Fsp3) is 0.263. The van der Waals surface area contributed by atoms with Crippen molar-refractivity contribution in [3.8, 4) is 0 Å². The zero-order valence-electron chi connectivity index (χ0n) is 13.4. The standard InChI is InChI=1S/C19H19N3OS/c1-2-6-15(7-3-1)14-24-19-20-17-9-5-4-8-16(17)18(21-19)22-10-12-23-13-11-22/h1-9H,10-14H2. The van der Waals surface area contributed by atoms with Crippen LogP contribution in [0.25, 0.3) is 10.9 Å². The zero-order valence-corrected chi connectivity index (χ0v) is 14.2. The van der Waals surface area contributed by atoms with E-state index in [0.29, 0.717) is 0 Å². The number of ether oxygens (including phenoxy) is 1. The van der Waals surface area contributed by atoms with E-state index in [-0.39, 0.29) is 0 Å². The topological polar surface area (TPSA) is 38.2 Å². The van der Waals surface area contributed by atoms with Crippen LogP contribution in [0.3, 0.4) is 0 Å². The van der Waals surface area contributed by atoms with Gasteiger partial charge in [-0.05, 0) is 17.7 Å². The average molecular weight is 337 g/mol. The molecule has 1 fully saturated rings. The first kappa shape index (κ1) is 15.4. The number of hydrogen-bond donors (Lipinski definition) is 0. The summed E-state index contributed by atoms with van der Waals surface area (Å²) in [5.41, 5.74) is 2.29. The first-order chi connectivity index (χ1) is 11.9. The molecular weight excluding hydrogens is 318 g/mol. The molecule has 0 amide bonds. The quantitative estimate of drug-likeness (QED) is 0.535. The molecule has 0 radical (unpaired) electrons. The van der Waals surface area contributed by atoms with Gasteiger partial charge < -0.3 is 9.64 Å². The van der Waals surface area contributed by atoms with Crippen molar-refractivity contribution in [2.45, 2.75) is 10.9 Å². The van der Waals surface area contributed by atoms with Crippen molar-refractivity contribution in [2.75, 3.05) is 31.2 Å². The molecule has 0 aliphatic carbocycles. The lowest BCUT2D eigenvalue weighted by molar-refractivity contribution is 0.122. The van der Waals surface area contributed by atoms with Crippen LogP contribution < -0.4 is 4.90 Å². The van der Waals surface area contributed by atoms with Crippen molar-refractivity contribution in [1.29, 1.82) is 0 Å². The Labute approximate surface area is 145 Å². The van der Waals surface area contributed by atoms with E-state index < -0.39 is 0 Å². The summed E-state index contributed by atoms with van der Waals surface area (Å²) in [7, 11) is 0. The number of anilines is 1. The molecule has 3 aromatic rings. The van der Waals surface area contributed by atoms with Gasteiger partial charge in [0.15, 0.2) is 5.16 Å². The molecule has 2 heterocycles. The third kappa shape index (κ3) is 3.37. The third-order valence-electron chi connectivity index (χ3n) is 4.08. The van der Waals surface area contributed by atoms with Gasteiger partial charge in [0.05, 0.1) is 18.7 Å². The molecule has 2 aromatic carbocycles. The lowest BCUT2D eigenvalue weighted by atomic mass is 10.2. The van der Waals surface area contributed by atoms with Crippen molar-refractivity contribution in [3.05, 3.63) is 60.2 Å². The number of para-hydroxylation sites is 1. The highest BCUT2D eigenvalue weighted by molar-refractivity contribution is 7.98. The number of fused-ring (bicyclic) bond motifs is 1. The van der Waals surface area contributed by atoms with Crippen LogP contribution in [0.15, 0.2) is 59.8 Å². The first-order valence-electron chi connectivity index (χ1n) is 8.16. The van der Waals surface area contributed by atoms with Crippen LogP contribution in [-0.4, -0.2) is 36.3 Å². The number of hydrogen-bond acceptors (Lipinski definition) is 5. The molecule has 1 aliphatic rings. The summed E-state index contributed by atoms with van der Waals surface area (Å²) in [6.45, 7) is 3.27. The molecule has 5 heteroatoms.